The molecule has 2 atom stereocenters. The molecule has 2 rings (SSSR count). The van der Waals surface area contributed by atoms with Crippen LogP contribution in [0.3, 0.4) is 0 Å². The van der Waals surface area contributed by atoms with E-state index in [0.29, 0.717) is 23.0 Å². The number of ether oxygens (including phenoxy) is 1. The van der Waals surface area contributed by atoms with Gasteiger partial charge in [-0.05, 0) is 18.4 Å². The summed E-state index contributed by atoms with van der Waals surface area (Å²) in [6, 6.07) is 1.56. The average Bonchev–Trinajstić information content (AvgIpc) is 2.41. The van der Waals surface area contributed by atoms with E-state index >= 15 is 0 Å². The fourth-order valence-electron chi connectivity index (χ4n) is 2.27. The van der Waals surface area contributed by atoms with E-state index < -0.39 is 0 Å². The van der Waals surface area contributed by atoms with Crippen LogP contribution in [0, 0.1) is 5.92 Å². The lowest BCUT2D eigenvalue weighted by Gasteiger charge is -2.36. The second kappa shape index (κ2) is 5.75. The molecule has 5 nitrogen and oxygen atoms in total. The van der Waals surface area contributed by atoms with Crippen LogP contribution in [0.4, 0.5) is 5.82 Å². The van der Waals surface area contributed by atoms with Gasteiger partial charge in [-0.15, -0.1) is 0 Å². The first kappa shape index (κ1) is 14.1. The Labute approximate surface area is 117 Å². The monoisotopic (exact) mass is 283 g/mol. The molecule has 2 heterocycles. The van der Waals surface area contributed by atoms with Crippen molar-refractivity contribution in [3.63, 3.8) is 0 Å². The topological polar surface area (TPSA) is 68.5 Å². The third kappa shape index (κ3) is 2.98. The van der Waals surface area contributed by atoms with Gasteiger partial charge in [-0.3, -0.25) is 4.79 Å². The van der Waals surface area contributed by atoms with Gasteiger partial charge in [0.2, 0.25) is 0 Å². The predicted octanol–water partition coefficient (Wildman–Crippen LogP) is 1.81. The van der Waals surface area contributed by atoms with Crippen LogP contribution >= 0.6 is 11.6 Å². The Kier molecular flexibility index (Phi) is 4.27. The lowest BCUT2D eigenvalue weighted by Crippen LogP contribution is -2.46. The molecule has 0 aromatic carbocycles. The summed E-state index contributed by atoms with van der Waals surface area (Å²) in [6.07, 6.45) is 2.47. The number of hydrogen-bond donors (Lipinski definition) is 1. The fourth-order valence-corrected chi connectivity index (χ4v) is 2.44. The minimum atomic E-state index is -0.0802. The number of likely N-dealkylation sites (tertiary alicyclic amines) is 1. The summed E-state index contributed by atoms with van der Waals surface area (Å²) in [7, 11) is 1.68. The van der Waals surface area contributed by atoms with E-state index in [9.17, 15) is 4.79 Å². The highest BCUT2D eigenvalue weighted by Crippen LogP contribution is 2.22. The lowest BCUT2D eigenvalue weighted by atomic mass is 9.95. The van der Waals surface area contributed by atoms with E-state index in [1.807, 2.05) is 0 Å². The van der Waals surface area contributed by atoms with Crippen LogP contribution in [-0.4, -0.2) is 42.1 Å². The van der Waals surface area contributed by atoms with E-state index in [-0.39, 0.29) is 17.8 Å². The summed E-state index contributed by atoms with van der Waals surface area (Å²) in [5, 5.41) is 0.305. The first-order valence-corrected chi connectivity index (χ1v) is 6.63. The van der Waals surface area contributed by atoms with Crippen molar-refractivity contribution in [1.82, 2.24) is 9.88 Å². The zero-order valence-electron chi connectivity index (χ0n) is 11.1. The molecule has 0 spiro atoms. The first-order valence-electron chi connectivity index (χ1n) is 6.26. The van der Waals surface area contributed by atoms with E-state index in [1.54, 1.807) is 18.1 Å². The van der Waals surface area contributed by atoms with Crippen LogP contribution < -0.4 is 5.73 Å². The maximum atomic E-state index is 12.4. The van der Waals surface area contributed by atoms with Gasteiger partial charge < -0.3 is 15.4 Å². The van der Waals surface area contributed by atoms with Crippen molar-refractivity contribution in [2.75, 3.05) is 25.9 Å². The summed E-state index contributed by atoms with van der Waals surface area (Å²) in [5.41, 5.74) is 6.00. The summed E-state index contributed by atoms with van der Waals surface area (Å²) in [6.45, 7) is 3.46. The largest absolute Gasteiger partial charge is 0.382 e. The molecule has 0 saturated carbocycles. The number of anilines is 1. The summed E-state index contributed by atoms with van der Waals surface area (Å²) < 4.78 is 5.41. The van der Waals surface area contributed by atoms with Gasteiger partial charge >= 0.3 is 0 Å². The molecule has 0 bridgehead atoms. The van der Waals surface area contributed by atoms with E-state index in [4.69, 9.17) is 22.1 Å². The number of hydrogen-bond acceptors (Lipinski definition) is 4. The molecule has 0 aliphatic carbocycles. The van der Waals surface area contributed by atoms with Crippen LogP contribution in [0.2, 0.25) is 5.02 Å². The van der Waals surface area contributed by atoms with E-state index in [2.05, 4.69) is 11.9 Å². The Morgan fingerprint density at radius 1 is 1.63 bits per heavy atom. The number of aromatic nitrogens is 1. The van der Waals surface area contributed by atoms with Gasteiger partial charge in [0.15, 0.2) is 0 Å². The SMILES string of the molecule is COC1CN(C(=O)c2cnc(N)c(Cl)c2)CCC1C. The van der Waals surface area contributed by atoms with E-state index in [1.165, 1.54) is 6.20 Å². The zero-order valence-corrected chi connectivity index (χ0v) is 11.9. The average molecular weight is 284 g/mol. The number of carbonyl (C=O) groups is 1. The Balaban J connectivity index is 2.13. The quantitative estimate of drug-likeness (QED) is 0.899. The van der Waals surface area contributed by atoms with Gasteiger partial charge in [0.1, 0.15) is 5.82 Å². The third-order valence-electron chi connectivity index (χ3n) is 3.60. The molecule has 2 N–H and O–H groups in total. The van der Waals surface area contributed by atoms with Crippen molar-refractivity contribution >= 4 is 23.3 Å². The Morgan fingerprint density at radius 2 is 2.37 bits per heavy atom. The minimum Gasteiger partial charge on any atom is -0.382 e. The number of rotatable bonds is 2. The summed E-state index contributed by atoms with van der Waals surface area (Å²) in [5.74, 6) is 0.616. The third-order valence-corrected chi connectivity index (χ3v) is 3.90. The lowest BCUT2D eigenvalue weighted by molar-refractivity contribution is -0.00157. The molecular weight excluding hydrogens is 266 g/mol. The molecule has 1 saturated heterocycles. The maximum absolute atomic E-state index is 12.4. The molecule has 2 unspecified atom stereocenters. The number of methoxy groups -OCH3 is 1. The Bertz CT molecular complexity index is 481. The number of pyridine rings is 1. The van der Waals surface area contributed by atoms with Crippen LogP contribution in [0.25, 0.3) is 0 Å². The summed E-state index contributed by atoms with van der Waals surface area (Å²) >= 11 is 5.89. The molecule has 104 valence electrons. The van der Waals surface area contributed by atoms with Crippen LogP contribution in [0.1, 0.15) is 23.7 Å². The Hall–Kier alpha value is -1.33. The van der Waals surface area contributed by atoms with E-state index in [0.717, 1.165) is 13.0 Å². The number of halogens is 1. The second-order valence-electron chi connectivity index (χ2n) is 4.88. The molecular formula is C13H18ClN3O2. The molecule has 1 aliphatic heterocycles. The van der Waals surface area contributed by atoms with Crippen molar-refractivity contribution in [3.05, 3.63) is 22.8 Å². The molecule has 1 aliphatic rings. The zero-order chi connectivity index (χ0) is 14.0. The highest BCUT2D eigenvalue weighted by Gasteiger charge is 2.29. The number of piperidine rings is 1. The molecule has 1 fully saturated rings. The molecule has 6 heteroatoms. The molecule has 0 radical (unpaired) electrons. The molecule has 1 aromatic heterocycles. The number of nitrogen functional groups attached to an aromatic ring is 1. The van der Waals surface area contributed by atoms with Crippen molar-refractivity contribution < 1.29 is 9.53 Å². The van der Waals surface area contributed by atoms with Crippen LogP contribution in [-0.2, 0) is 4.74 Å². The fraction of sp³-hybridized carbons (Fsp3) is 0.538. The standard InChI is InChI=1S/C13H18ClN3O2/c1-8-3-4-17(7-11(8)19-2)13(18)9-5-10(14)12(15)16-6-9/h5-6,8,11H,3-4,7H2,1-2H3,(H2,15,16). The van der Waals surface area contributed by atoms with Gasteiger partial charge in [-0.2, -0.15) is 0 Å². The predicted molar refractivity (Wildman–Crippen MR) is 74.1 cm³/mol. The maximum Gasteiger partial charge on any atom is 0.255 e. The van der Waals surface area contributed by atoms with Crippen molar-refractivity contribution in [2.45, 2.75) is 19.4 Å². The van der Waals surface area contributed by atoms with Crippen LogP contribution in [0.15, 0.2) is 12.3 Å². The van der Waals surface area contributed by atoms with Crippen molar-refractivity contribution in [2.24, 2.45) is 5.92 Å². The van der Waals surface area contributed by atoms with Gasteiger partial charge in [-0.25, -0.2) is 4.98 Å². The second-order valence-corrected chi connectivity index (χ2v) is 5.29. The van der Waals surface area contributed by atoms with Crippen molar-refractivity contribution in [1.29, 1.82) is 0 Å². The summed E-state index contributed by atoms with van der Waals surface area (Å²) in [4.78, 5) is 18.1. The molecule has 19 heavy (non-hydrogen) atoms. The number of nitrogens with zero attached hydrogens (tertiary/aromatic N) is 2. The van der Waals surface area contributed by atoms with Crippen molar-refractivity contribution in [3.8, 4) is 0 Å². The normalized spacial score (nSPS) is 23.4. The van der Waals surface area contributed by atoms with Crippen LogP contribution in [0.5, 0.6) is 0 Å². The highest BCUT2D eigenvalue weighted by molar-refractivity contribution is 6.33. The smallest absolute Gasteiger partial charge is 0.255 e. The first-order chi connectivity index (χ1) is 9.02. The van der Waals surface area contributed by atoms with Gasteiger partial charge in [-0.1, -0.05) is 18.5 Å². The minimum absolute atomic E-state index is 0.0786. The highest BCUT2D eigenvalue weighted by atomic mass is 35.5. The van der Waals surface area contributed by atoms with Gasteiger partial charge in [0, 0.05) is 26.4 Å². The number of amides is 1. The number of nitrogens with two attached hydrogens (primary N) is 1. The molecule has 1 amide bonds. The van der Waals surface area contributed by atoms with Gasteiger partial charge in [0.05, 0.1) is 16.7 Å². The number of carbonyl (C=O) groups excluding carboxylic acids is 1. The molecule has 1 aromatic rings. The Morgan fingerprint density at radius 3 is 3.00 bits per heavy atom. The van der Waals surface area contributed by atoms with Gasteiger partial charge in [0.25, 0.3) is 5.91 Å².